The van der Waals surface area contributed by atoms with E-state index in [1.54, 1.807) is 26.4 Å². The Morgan fingerprint density at radius 2 is 2.24 bits per heavy atom. The summed E-state index contributed by atoms with van der Waals surface area (Å²) in [7, 11) is 3.17. The molecule has 0 saturated heterocycles. The third-order valence-electron chi connectivity index (χ3n) is 2.29. The number of hydrogen-bond donors (Lipinski definition) is 1. The molecule has 0 aliphatic rings. The van der Waals surface area contributed by atoms with E-state index in [0.29, 0.717) is 23.9 Å². The molecule has 0 fully saturated rings. The van der Waals surface area contributed by atoms with Crippen LogP contribution in [-0.4, -0.2) is 27.4 Å². The Kier molecular flexibility index (Phi) is 5.78. The lowest BCUT2D eigenvalue weighted by Crippen LogP contribution is -2.23. The first-order valence-corrected chi connectivity index (χ1v) is 5.56. The molecule has 1 atom stereocenters. The minimum absolute atomic E-state index is 0.395. The molecular formula is C12H15ClN2O2. The zero-order valence-electron chi connectivity index (χ0n) is 9.87. The third-order valence-corrected chi connectivity index (χ3v) is 2.59. The van der Waals surface area contributed by atoms with Gasteiger partial charge in [-0.2, -0.15) is 5.26 Å². The summed E-state index contributed by atoms with van der Waals surface area (Å²) in [6, 6.07) is 7.08. The SMILES string of the molecule is COCCNC(C#N)c1ccc(OC)c(Cl)c1. The molecule has 0 spiro atoms. The zero-order valence-corrected chi connectivity index (χ0v) is 10.6. The van der Waals surface area contributed by atoms with Crippen LogP contribution in [0.4, 0.5) is 0 Å². The van der Waals surface area contributed by atoms with Crippen LogP contribution in [0, 0.1) is 11.3 Å². The number of ether oxygens (including phenoxy) is 2. The van der Waals surface area contributed by atoms with Crippen molar-refractivity contribution in [3.05, 3.63) is 28.8 Å². The van der Waals surface area contributed by atoms with Crippen LogP contribution in [0.1, 0.15) is 11.6 Å². The molecule has 0 saturated carbocycles. The Labute approximate surface area is 106 Å². The van der Waals surface area contributed by atoms with Crippen molar-refractivity contribution < 1.29 is 9.47 Å². The highest BCUT2D eigenvalue weighted by Gasteiger charge is 2.11. The summed E-state index contributed by atoms with van der Waals surface area (Å²) in [6.45, 7) is 1.17. The van der Waals surface area contributed by atoms with Crippen LogP contribution in [0.15, 0.2) is 18.2 Å². The van der Waals surface area contributed by atoms with Crippen LogP contribution in [0.2, 0.25) is 5.02 Å². The van der Waals surface area contributed by atoms with E-state index in [1.165, 1.54) is 0 Å². The highest BCUT2D eigenvalue weighted by molar-refractivity contribution is 6.32. The van der Waals surface area contributed by atoms with Crippen molar-refractivity contribution in [1.82, 2.24) is 5.32 Å². The van der Waals surface area contributed by atoms with Crippen LogP contribution >= 0.6 is 11.6 Å². The number of methoxy groups -OCH3 is 2. The minimum Gasteiger partial charge on any atom is -0.495 e. The van der Waals surface area contributed by atoms with E-state index in [-0.39, 0.29) is 0 Å². The van der Waals surface area contributed by atoms with E-state index < -0.39 is 6.04 Å². The average molecular weight is 255 g/mol. The van der Waals surface area contributed by atoms with Crippen LogP contribution in [0.25, 0.3) is 0 Å². The quantitative estimate of drug-likeness (QED) is 0.791. The molecule has 92 valence electrons. The van der Waals surface area contributed by atoms with Crippen molar-refractivity contribution in [3.8, 4) is 11.8 Å². The summed E-state index contributed by atoms with van der Waals surface area (Å²) < 4.78 is 9.97. The van der Waals surface area contributed by atoms with Gasteiger partial charge in [-0.25, -0.2) is 0 Å². The van der Waals surface area contributed by atoms with Crippen LogP contribution in [0.5, 0.6) is 5.75 Å². The molecule has 1 aromatic rings. The first kappa shape index (κ1) is 13.8. The molecule has 0 aliphatic carbocycles. The Balaban J connectivity index is 2.75. The monoisotopic (exact) mass is 254 g/mol. The largest absolute Gasteiger partial charge is 0.495 e. The lowest BCUT2D eigenvalue weighted by atomic mass is 10.1. The van der Waals surface area contributed by atoms with Gasteiger partial charge < -0.3 is 9.47 Å². The summed E-state index contributed by atoms with van der Waals surface area (Å²) in [5, 5.41) is 12.6. The molecule has 0 heterocycles. The summed E-state index contributed by atoms with van der Waals surface area (Å²) in [5.74, 6) is 0.601. The Bertz CT molecular complexity index is 404. The van der Waals surface area contributed by atoms with E-state index in [0.717, 1.165) is 5.56 Å². The van der Waals surface area contributed by atoms with E-state index in [9.17, 15) is 0 Å². The van der Waals surface area contributed by atoms with Gasteiger partial charge in [0.25, 0.3) is 0 Å². The van der Waals surface area contributed by atoms with Crippen molar-refractivity contribution in [2.24, 2.45) is 0 Å². The molecule has 1 rings (SSSR count). The maximum atomic E-state index is 9.07. The fourth-order valence-corrected chi connectivity index (χ4v) is 1.67. The van der Waals surface area contributed by atoms with Gasteiger partial charge in [0, 0.05) is 13.7 Å². The van der Waals surface area contributed by atoms with Crippen LogP contribution in [0.3, 0.4) is 0 Å². The smallest absolute Gasteiger partial charge is 0.137 e. The second kappa shape index (κ2) is 7.13. The van der Waals surface area contributed by atoms with Crippen LogP contribution in [-0.2, 0) is 4.74 Å². The Morgan fingerprint density at radius 1 is 1.47 bits per heavy atom. The predicted octanol–water partition coefficient (Wildman–Crippen LogP) is 2.15. The van der Waals surface area contributed by atoms with Crippen molar-refractivity contribution in [3.63, 3.8) is 0 Å². The lowest BCUT2D eigenvalue weighted by Gasteiger charge is -2.12. The Hall–Kier alpha value is -1.28. The minimum atomic E-state index is -0.395. The molecule has 0 aromatic heterocycles. The van der Waals surface area contributed by atoms with E-state index in [1.807, 2.05) is 6.07 Å². The summed E-state index contributed by atoms with van der Waals surface area (Å²) >= 11 is 6.01. The fourth-order valence-electron chi connectivity index (χ4n) is 1.41. The molecule has 0 bridgehead atoms. The van der Waals surface area contributed by atoms with Gasteiger partial charge in [-0.15, -0.1) is 0 Å². The van der Waals surface area contributed by atoms with Gasteiger partial charge in [-0.05, 0) is 17.7 Å². The van der Waals surface area contributed by atoms with Gasteiger partial charge in [0.15, 0.2) is 0 Å². The number of benzene rings is 1. The third kappa shape index (κ3) is 3.90. The molecule has 0 aliphatic heterocycles. The Morgan fingerprint density at radius 3 is 2.76 bits per heavy atom. The molecule has 4 nitrogen and oxygen atoms in total. The van der Waals surface area contributed by atoms with Gasteiger partial charge >= 0.3 is 0 Å². The highest BCUT2D eigenvalue weighted by atomic mass is 35.5. The van der Waals surface area contributed by atoms with Gasteiger partial charge in [-0.1, -0.05) is 17.7 Å². The summed E-state index contributed by atoms with van der Waals surface area (Å²) in [6.07, 6.45) is 0. The number of halogens is 1. The molecule has 1 N–H and O–H groups in total. The maximum Gasteiger partial charge on any atom is 0.137 e. The molecule has 5 heteroatoms. The van der Waals surface area contributed by atoms with Crippen LogP contribution < -0.4 is 10.1 Å². The highest BCUT2D eigenvalue weighted by Crippen LogP contribution is 2.27. The fraction of sp³-hybridized carbons (Fsp3) is 0.417. The lowest BCUT2D eigenvalue weighted by molar-refractivity contribution is 0.198. The number of rotatable bonds is 6. The maximum absolute atomic E-state index is 9.07. The van der Waals surface area contributed by atoms with Gasteiger partial charge in [-0.3, -0.25) is 5.32 Å². The second-order valence-electron chi connectivity index (χ2n) is 3.40. The molecule has 1 unspecified atom stereocenters. The van der Waals surface area contributed by atoms with Gasteiger partial charge in [0.05, 0.1) is 24.8 Å². The molecule has 0 radical (unpaired) electrons. The van der Waals surface area contributed by atoms with Crippen molar-refractivity contribution in [1.29, 1.82) is 5.26 Å². The summed E-state index contributed by atoms with van der Waals surface area (Å²) in [4.78, 5) is 0. The topological polar surface area (TPSA) is 54.3 Å². The molecule has 17 heavy (non-hydrogen) atoms. The number of nitriles is 1. The van der Waals surface area contributed by atoms with Crippen molar-refractivity contribution in [2.75, 3.05) is 27.4 Å². The van der Waals surface area contributed by atoms with Crippen molar-refractivity contribution >= 4 is 11.6 Å². The number of nitrogens with zero attached hydrogens (tertiary/aromatic N) is 1. The van der Waals surface area contributed by atoms with Gasteiger partial charge in [0.1, 0.15) is 11.8 Å². The normalized spacial score (nSPS) is 11.9. The first-order chi connectivity index (χ1) is 8.22. The number of hydrogen-bond acceptors (Lipinski definition) is 4. The van der Waals surface area contributed by atoms with Gasteiger partial charge in [0.2, 0.25) is 0 Å². The second-order valence-corrected chi connectivity index (χ2v) is 3.81. The predicted molar refractivity (Wildman–Crippen MR) is 66.2 cm³/mol. The zero-order chi connectivity index (χ0) is 12.7. The van der Waals surface area contributed by atoms with E-state index in [4.69, 9.17) is 26.3 Å². The molecule has 1 aromatic carbocycles. The molecule has 0 amide bonds. The average Bonchev–Trinajstić information content (AvgIpc) is 2.35. The summed E-state index contributed by atoms with van der Waals surface area (Å²) in [5.41, 5.74) is 0.814. The standard InChI is InChI=1S/C12H15ClN2O2/c1-16-6-5-15-11(8-14)9-3-4-12(17-2)10(13)7-9/h3-4,7,11,15H,5-6H2,1-2H3. The van der Waals surface area contributed by atoms with E-state index >= 15 is 0 Å². The number of nitrogens with one attached hydrogen (secondary N) is 1. The van der Waals surface area contributed by atoms with E-state index in [2.05, 4.69) is 11.4 Å². The van der Waals surface area contributed by atoms with Crippen molar-refractivity contribution in [2.45, 2.75) is 6.04 Å². The molecular weight excluding hydrogens is 240 g/mol. The first-order valence-electron chi connectivity index (χ1n) is 5.18.